The monoisotopic (exact) mass is 684 g/mol. The summed E-state index contributed by atoms with van der Waals surface area (Å²) < 4.78 is 41.0. The largest absolute Gasteiger partial charge is 0.458 e. The van der Waals surface area contributed by atoms with E-state index in [-0.39, 0.29) is 18.6 Å². The maximum absolute atomic E-state index is 14.1. The van der Waals surface area contributed by atoms with Gasteiger partial charge in [-0.25, -0.2) is 4.79 Å². The second kappa shape index (κ2) is 12.3. The van der Waals surface area contributed by atoms with Crippen molar-refractivity contribution in [2.75, 3.05) is 6.61 Å². The summed E-state index contributed by atoms with van der Waals surface area (Å²) >= 11 is 0. The lowest BCUT2D eigenvalue weighted by Crippen LogP contribution is -2.82. The van der Waals surface area contributed by atoms with Gasteiger partial charge in [0.15, 0.2) is 19.7 Å². The molecule has 6 rings (SSSR count). The number of carbonyl (C=O) groups is 2. The summed E-state index contributed by atoms with van der Waals surface area (Å²) in [6.45, 7) is 20.7. The lowest BCUT2D eigenvalue weighted by molar-refractivity contribution is -0.424. The fourth-order valence-electron chi connectivity index (χ4n) is 10.3. The first kappa shape index (κ1) is 35.7. The summed E-state index contributed by atoms with van der Waals surface area (Å²) in [5, 5.41) is 11.9. The first-order valence-corrected chi connectivity index (χ1v) is 20.5. The van der Waals surface area contributed by atoms with Crippen molar-refractivity contribution in [3.05, 3.63) is 47.0 Å². The lowest BCUT2D eigenvalue weighted by atomic mass is 9.45. The molecule has 0 radical (unpaired) electrons. The van der Waals surface area contributed by atoms with Gasteiger partial charge in [-0.2, -0.15) is 0 Å². The van der Waals surface area contributed by atoms with E-state index in [1.807, 2.05) is 39.0 Å². The van der Waals surface area contributed by atoms with E-state index in [0.717, 1.165) is 29.3 Å². The van der Waals surface area contributed by atoms with Crippen LogP contribution in [0.4, 0.5) is 0 Å². The fourth-order valence-corrected chi connectivity index (χ4v) is 13.1. The van der Waals surface area contributed by atoms with Crippen LogP contribution in [0.1, 0.15) is 92.4 Å². The predicted molar refractivity (Wildman–Crippen MR) is 183 cm³/mol. The molecule has 0 aromatic heterocycles. The molecule has 48 heavy (non-hydrogen) atoms. The third kappa shape index (κ3) is 5.35. The quantitative estimate of drug-likeness (QED) is 0.184. The van der Waals surface area contributed by atoms with Gasteiger partial charge < -0.3 is 33.2 Å². The molecular weight excluding hydrogens is 628 g/mol. The van der Waals surface area contributed by atoms with Gasteiger partial charge in [0.1, 0.15) is 12.2 Å². The Balaban J connectivity index is 1.66. The topological polar surface area (TPSA) is 110 Å². The first-order chi connectivity index (χ1) is 22.5. The average Bonchev–Trinajstić information content (AvgIpc) is 3.02. The minimum Gasteiger partial charge on any atom is -0.458 e. The van der Waals surface area contributed by atoms with Crippen LogP contribution in [-0.4, -0.2) is 80.0 Å². The van der Waals surface area contributed by atoms with Gasteiger partial charge >= 0.3 is 11.9 Å². The smallest absolute Gasteiger partial charge is 0.338 e. The van der Waals surface area contributed by atoms with Crippen LogP contribution in [0.3, 0.4) is 0 Å². The number of fused-ring (bicyclic) bond motifs is 4. The van der Waals surface area contributed by atoms with Crippen molar-refractivity contribution >= 4 is 20.3 Å². The van der Waals surface area contributed by atoms with Gasteiger partial charge in [-0.05, 0) is 74.0 Å². The van der Waals surface area contributed by atoms with Gasteiger partial charge in [0.05, 0.1) is 42.5 Å². The van der Waals surface area contributed by atoms with E-state index in [4.69, 9.17) is 28.1 Å². The van der Waals surface area contributed by atoms with Crippen molar-refractivity contribution in [2.45, 2.75) is 148 Å². The third-order valence-electron chi connectivity index (χ3n) is 13.0. The Bertz CT molecular complexity index is 1430. The van der Waals surface area contributed by atoms with Crippen LogP contribution in [0.15, 0.2) is 41.5 Å². The molecular formula is C38H56O9Si. The molecule has 0 amide bonds. The minimum absolute atomic E-state index is 0.167. The Kier molecular flexibility index (Phi) is 9.16. The first-order valence-electron chi connectivity index (χ1n) is 18.0. The van der Waals surface area contributed by atoms with Gasteiger partial charge in [0.2, 0.25) is 0 Å². The van der Waals surface area contributed by atoms with Crippen LogP contribution in [0.25, 0.3) is 0 Å². The molecule has 2 heterocycles. The molecule has 2 bridgehead atoms. The SMILES string of the molecule is CC[Si](CC)(CC)O[C@@H]1C2=C(C)[C@@H](O)C[C@@H]([C@@H](OC(=O)c3ccccc3)[C@@H]3[C@]4(OC(C)=O)CO[C@@H]4C[C@@H]4OC(C)(C)O[C@@H]1[C@]43C)C2(C)C. The van der Waals surface area contributed by atoms with E-state index < -0.39 is 78.9 Å². The number of aliphatic hydroxyl groups excluding tert-OH is 1. The minimum atomic E-state index is -2.29. The van der Waals surface area contributed by atoms with Crippen molar-refractivity contribution in [2.24, 2.45) is 22.7 Å². The van der Waals surface area contributed by atoms with Gasteiger partial charge in [0, 0.05) is 24.7 Å². The summed E-state index contributed by atoms with van der Waals surface area (Å²) in [5.41, 5.74) is -0.200. The van der Waals surface area contributed by atoms with Gasteiger partial charge in [0.25, 0.3) is 0 Å². The van der Waals surface area contributed by atoms with Gasteiger partial charge in [-0.1, -0.05) is 59.7 Å². The van der Waals surface area contributed by atoms with Crippen LogP contribution < -0.4 is 0 Å². The van der Waals surface area contributed by atoms with E-state index in [1.54, 1.807) is 12.1 Å². The van der Waals surface area contributed by atoms with E-state index >= 15 is 0 Å². The van der Waals surface area contributed by atoms with E-state index in [1.165, 1.54) is 6.92 Å². The van der Waals surface area contributed by atoms with Crippen LogP contribution >= 0.6 is 0 Å². The summed E-state index contributed by atoms with van der Waals surface area (Å²) in [6.07, 6.45) is -2.62. The molecule has 10 heteroatoms. The molecule has 1 aromatic carbocycles. The van der Waals surface area contributed by atoms with Crippen LogP contribution in [0.2, 0.25) is 18.1 Å². The number of ether oxygens (including phenoxy) is 5. The van der Waals surface area contributed by atoms with Gasteiger partial charge in [-0.15, -0.1) is 0 Å². The third-order valence-corrected chi connectivity index (χ3v) is 17.6. The number of carbonyl (C=O) groups excluding carboxylic acids is 2. The zero-order chi connectivity index (χ0) is 35.0. The Morgan fingerprint density at radius 1 is 0.958 bits per heavy atom. The van der Waals surface area contributed by atoms with Crippen molar-refractivity contribution < 1.29 is 42.8 Å². The zero-order valence-corrected chi connectivity index (χ0v) is 31.5. The fraction of sp³-hybridized carbons (Fsp3) is 0.737. The zero-order valence-electron chi connectivity index (χ0n) is 30.5. The van der Waals surface area contributed by atoms with E-state index in [0.29, 0.717) is 18.4 Å². The van der Waals surface area contributed by atoms with Gasteiger partial charge in [-0.3, -0.25) is 4.79 Å². The predicted octanol–water partition coefficient (Wildman–Crippen LogP) is 6.59. The Hall–Kier alpha value is -2.08. The highest BCUT2D eigenvalue weighted by atomic mass is 28.4. The highest BCUT2D eigenvalue weighted by molar-refractivity contribution is 6.73. The molecule has 10 atom stereocenters. The molecule has 2 saturated carbocycles. The Labute approximate surface area is 287 Å². The van der Waals surface area contributed by atoms with Crippen LogP contribution in [-0.2, 0) is 32.9 Å². The number of aliphatic hydroxyl groups is 1. The number of esters is 2. The maximum atomic E-state index is 14.1. The Morgan fingerprint density at radius 3 is 2.17 bits per heavy atom. The molecule has 9 nitrogen and oxygen atoms in total. The molecule has 0 unspecified atom stereocenters. The summed E-state index contributed by atoms with van der Waals surface area (Å²) in [5.74, 6) is -2.80. The second-order valence-corrected chi connectivity index (χ2v) is 20.9. The molecule has 5 aliphatic rings. The lowest BCUT2D eigenvalue weighted by Gasteiger charge is -2.71. The summed E-state index contributed by atoms with van der Waals surface area (Å²) in [4.78, 5) is 27.2. The number of rotatable bonds is 8. The van der Waals surface area contributed by atoms with E-state index in [2.05, 4.69) is 41.5 Å². The number of hydrogen-bond donors (Lipinski definition) is 1. The number of benzene rings is 1. The van der Waals surface area contributed by atoms with Crippen LogP contribution in [0, 0.1) is 22.7 Å². The van der Waals surface area contributed by atoms with Crippen molar-refractivity contribution in [3.8, 4) is 0 Å². The maximum Gasteiger partial charge on any atom is 0.338 e. The highest BCUT2D eigenvalue weighted by Crippen LogP contribution is 2.67. The molecule has 3 aliphatic carbocycles. The molecule has 2 aliphatic heterocycles. The molecule has 1 N–H and O–H groups in total. The molecule has 4 fully saturated rings. The van der Waals surface area contributed by atoms with Crippen molar-refractivity contribution in [3.63, 3.8) is 0 Å². The highest BCUT2D eigenvalue weighted by Gasteiger charge is 2.77. The van der Waals surface area contributed by atoms with Crippen molar-refractivity contribution in [1.29, 1.82) is 0 Å². The second-order valence-electron chi connectivity index (χ2n) is 16.2. The van der Waals surface area contributed by atoms with Crippen molar-refractivity contribution in [1.82, 2.24) is 0 Å². The summed E-state index contributed by atoms with van der Waals surface area (Å²) in [6, 6.07) is 11.8. The Morgan fingerprint density at radius 2 is 1.60 bits per heavy atom. The molecule has 1 aromatic rings. The van der Waals surface area contributed by atoms with E-state index in [9.17, 15) is 14.7 Å². The normalized spacial score (nSPS) is 39.6. The number of hydrogen-bond acceptors (Lipinski definition) is 9. The molecule has 266 valence electrons. The van der Waals surface area contributed by atoms with Crippen LogP contribution in [0.5, 0.6) is 0 Å². The average molecular weight is 685 g/mol. The standard InChI is InChI=1S/C38H56O9Si/c1-11-48(12-2,13-3)47-31-29-22(4)26(40)19-25(35(29,6)7)30(43-34(41)24-17-15-14-16-18-24)32-37(10)27(45-36(8,9)46-33(31)37)20-28-38(32,21-42-28)44-23(5)39/h14-18,25-28,30-33,40H,11-13,19-21H2,1-10H3/t25-,26-,27-,28+,30+,31+,32-,33-,37+,38-/m0/s1. The summed E-state index contributed by atoms with van der Waals surface area (Å²) in [7, 11) is -2.29. The molecule has 2 saturated heterocycles. The molecule has 0 spiro atoms.